The number of imide groups is 2. The molecule has 2 aromatic carbocycles. The third-order valence-electron chi connectivity index (χ3n) is 8.69. The van der Waals surface area contributed by atoms with Crippen molar-refractivity contribution in [3.05, 3.63) is 71.5 Å². The van der Waals surface area contributed by atoms with Gasteiger partial charge in [-0.1, -0.05) is 12.1 Å². The van der Waals surface area contributed by atoms with Gasteiger partial charge in [0.15, 0.2) is 5.41 Å². The van der Waals surface area contributed by atoms with Crippen molar-refractivity contribution in [2.45, 2.75) is 26.3 Å². The number of carbonyl (C=O) groups is 3. The fourth-order valence-corrected chi connectivity index (χ4v) is 6.75. The fraction of sp³-hybridized carbons (Fsp3) is 0.367. The molecular formula is C30H33N5O4. The van der Waals surface area contributed by atoms with Crippen molar-refractivity contribution in [2.24, 2.45) is 5.41 Å². The highest BCUT2D eigenvalue weighted by atomic mass is 16.5. The number of benzene rings is 2. The van der Waals surface area contributed by atoms with E-state index in [0.717, 1.165) is 49.6 Å². The van der Waals surface area contributed by atoms with Gasteiger partial charge in [0, 0.05) is 56.5 Å². The number of barbiturate groups is 1. The number of hydrogen-bond donors (Lipinski definition) is 0. The summed E-state index contributed by atoms with van der Waals surface area (Å²) in [5, 5.41) is 0. The van der Waals surface area contributed by atoms with E-state index >= 15 is 0 Å². The quantitative estimate of drug-likeness (QED) is 0.486. The Morgan fingerprint density at radius 2 is 1.51 bits per heavy atom. The predicted octanol–water partition coefficient (Wildman–Crippen LogP) is 3.39. The molecule has 3 aliphatic rings. The van der Waals surface area contributed by atoms with Crippen LogP contribution < -0.4 is 14.5 Å². The fourth-order valence-electron chi connectivity index (χ4n) is 6.75. The normalized spacial score (nSPS) is 20.4. The van der Waals surface area contributed by atoms with Crippen LogP contribution in [0.15, 0.2) is 54.6 Å². The van der Waals surface area contributed by atoms with Crippen molar-refractivity contribution in [3.63, 3.8) is 0 Å². The number of urea groups is 1. The summed E-state index contributed by atoms with van der Waals surface area (Å²) in [4.78, 5) is 47.6. The van der Waals surface area contributed by atoms with Crippen LogP contribution in [0.2, 0.25) is 0 Å². The predicted molar refractivity (Wildman–Crippen MR) is 149 cm³/mol. The van der Waals surface area contributed by atoms with Gasteiger partial charge in [-0.2, -0.15) is 0 Å². The number of hydrogen-bond acceptors (Lipinski definition) is 6. The number of piperazine rings is 1. The first kappa shape index (κ1) is 25.0. The molecular weight excluding hydrogens is 494 g/mol. The van der Waals surface area contributed by atoms with Crippen molar-refractivity contribution in [3.8, 4) is 11.4 Å². The Hall–Kier alpha value is -4.27. The lowest BCUT2D eigenvalue weighted by Gasteiger charge is -2.56. The van der Waals surface area contributed by atoms with E-state index < -0.39 is 29.3 Å². The third kappa shape index (κ3) is 3.48. The summed E-state index contributed by atoms with van der Waals surface area (Å²) in [5.74, 6) is -0.155. The second-order valence-corrected chi connectivity index (χ2v) is 10.8. The molecule has 0 bridgehead atoms. The molecule has 202 valence electrons. The first-order valence-electron chi connectivity index (χ1n) is 13.2. The number of para-hydroxylation sites is 2. The second kappa shape index (κ2) is 8.90. The Morgan fingerprint density at radius 1 is 0.846 bits per heavy atom. The van der Waals surface area contributed by atoms with Crippen LogP contribution in [0.25, 0.3) is 5.69 Å². The van der Waals surface area contributed by atoms with Crippen molar-refractivity contribution in [1.82, 2.24) is 14.4 Å². The summed E-state index contributed by atoms with van der Waals surface area (Å²) in [7, 11) is 4.58. The van der Waals surface area contributed by atoms with Gasteiger partial charge in [0.05, 0.1) is 18.8 Å². The van der Waals surface area contributed by atoms with Crippen LogP contribution in [0.5, 0.6) is 5.75 Å². The maximum Gasteiger partial charge on any atom is 0.332 e. The molecule has 9 heteroatoms. The minimum absolute atomic E-state index is 0.218. The number of fused-ring (bicyclic) bond motifs is 4. The number of nitrogens with zero attached hydrogens (tertiary/aromatic N) is 5. The zero-order valence-electron chi connectivity index (χ0n) is 23.0. The Labute approximate surface area is 228 Å². The Kier molecular flexibility index (Phi) is 5.71. The van der Waals surface area contributed by atoms with Crippen LogP contribution in [-0.4, -0.2) is 79.1 Å². The van der Waals surface area contributed by atoms with Crippen LogP contribution in [0.1, 0.15) is 17.0 Å². The maximum atomic E-state index is 14.1. The highest BCUT2D eigenvalue weighted by molar-refractivity contribution is 6.20. The lowest BCUT2D eigenvalue weighted by atomic mass is 9.67. The number of ether oxygens (including phenoxy) is 1. The van der Waals surface area contributed by atoms with Gasteiger partial charge < -0.3 is 19.1 Å². The number of aryl methyl sites for hydroxylation is 2. The first-order valence-corrected chi connectivity index (χ1v) is 13.2. The average Bonchev–Trinajstić information content (AvgIpc) is 3.30. The van der Waals surface area contributed by atoms with Crippen LogP contribution in [-0.2, 0) is 16.0 Å². The molecule has 2 fully saturated rings. The lowest BCUT2D eigenvalue weighted by molar-refractivity contribution is -0.159. The molecule has 0 unspecified atom stereocenters. The maximum absolute atomic E-state index is 14.1. The number of carbonyl (C=O) groups excluding carboxylic acids is 3. The van der Waals surface area contributed by atoms with Crippen LogP contribution in [0.3, 0.4) is 0 Å². The SMILES string of the molecule is COc1ccccc1N1CCN2c3ccc(-n4c(C)ccc4C)cc3CC3(C(=O)N(C)C(=O)N(C)C3=O)[C@@H]2C1. The molecule has 1 aromatic heterocycles. The summed E-state index contributed by atoms with van der Waals surface area (Å²) in [6.45, 7) is 5.86. The van der Waals surface area contributed by atoms with E-state index in [1.54, 1.807) is 7.11 Å². The van der Waals surface area contributed by atoms with Gasteiger partial charge in [0.1, 0.15) is 5.75 Å². The Morgan fingerprint density at radius 3 is 2.18 bits per heavy atom. The molecule has 0 saturated carbocycles. The molecule has 0 aliphatic carbocycles. The third-order valence-corrected chi connectivity index (χ3v) is 8.69. The summed E-state index contributed by atoms with van der Waals surface area (Å²) in [5.41, 5.74) is 4.64. The van der Waals surface area contributed by atoms with E-state index in [9.17, 15) is 14.4 Å². The minimum atomic E-state index is -1.44. The van der Waals surface area contributed by atoms with E-state index in [1.165, 1.54) is 14.1 Å². The molecule has 0 radical (unpaired) electrons. The number of aromatic nitrogens is 1. The molecule has 0 N–H and O–H groups in total. The Balaban J connectivity index is 1.51. The van der Waals surface area contributed by atoms with Gasteiger partial charge in [-0.05, 0) is 68.3 Å². The Bertz CT molecular complexity index is 1470. The molecule has 9 nitrogen and oxygen atoms in total. The summed E-state index contributed by atoms with van der Waals surface area (Å²) in [6, 6.07) is 17.2. The molecule has 39 heavy (non-hydrogen) atoms. The van der Waals surface area contributed by atoms with Crippen LogP contribution >= 0.6 is 0 Å². The van der Waals surface area contributed by atoms with Crippen molar-refractivity contribution in [1.29, 1.82) is 0 Å². The molecule has 3 aliphatic heterocycles. The highest BCUT2D eigenvalue weighted by Crippen LogP contribution is 2.48. The van der Waals surface area contributed by atoms with Crippen molar-refractivity contribution < 1.29 is 19.1 Å². The number of rotatable bonds is 3. The lowest BCUT2D eigenvalue weighted by Crippen LogP contribution is -2.74. The molecule has 3 aromatic rings. The van der Waals surface area contributed by atoms with Gasteiger partial charge in [-0.25, -0.2) is 4.79 Å². The zero-order valence-corrected chi connectivity index (χ0v) is 23.0. The number of anilines is 2. The zero-order chi connectivity index (χ0) is 27.6. The highest BCUT2D eigenvalue weighted by Gasteiger charge is 2.64. The monoisotopic (exact) mass is 527 g/mol. The van der Waals surface area contributed by atoms with Gasteiger partial charge >= 0.3 is 6.03 Å². The molecule has 4 heterocycles. The topological polar surface area (TPSA) is 78.3 Å². The largest absolute Gasteiger partial charge is 0.495 e. The van der Waals surface area contributed by atoms with Crippen LogP contribution in [0.4, 0.5) is 16.2 Å². The van der Waals surface area contributed by atoms with Gasteiger partial charge in [0.2, 0.25) is 11.8 Å². The molecule has 4 amide bonds. The first-order chi connectivity index (χ1) is 18.7. The van der Waals surface area contributed by atoms with E-state index in [-0.39, 0.29) is 6.42 Å². The molecule has 1 atom stereocenters. The van der Waals surface area contributed by atoms with E-state index in [1.807, 2.05) is 24.3 Å². The molecule has 2 saturated heterocycles. The van der Waals surface area contributed by atoms with Crippen LogP contribution in [0, 0.1) is 19.3 Å². The van der Waals surface area contributed by atoms with Gasteiger partial charge in [-0.15, -0.1) is 0 Å². The number of amides is 4. The minimum Gasteiger partial charge on any atom is -0.495 e. The second-order valence-electron chi connectivity index (χ2n) is 10.8. The summed E-state index contributed by atoms with van der Waals surface area (Å²) < 4.78 is 7.81. The van der Waals surface area contributed by atoms with Gasteiger partial charge in [0.25, 0.3) is 0 Å². The summed E-state index contributed by atoms with van der Waals surface area (Å²) in [6.07, 6.45) is 0.218. The van der Waals surface area contributed by atoms with E-state index in [2.05, 4.69) is 58.5 Å². The van der Waals surface area contributed by atoms with E-state index in [0.29, 0.717) is 19.6 Å². The standard InChI is InChI=1S/C30H33N5O4/c1-19-10-11-20(2)35(19)22-12-13-23-21(16-22)17-30(27(36)31(3)29(38)32(4)28(30)37)26-18-33(14-15-34(23)26)24-8-6-7-9-25(24)39-5/h6-13,16,26H,14-15,17-18H2,1-5H3/t26-/m0/s1. The number of methoxy groups -OCH3 is 1. The van der Waals surface area contributed by atoms with Crippen molar-refractivity contribution in [2.75, 3.05) is 50.6 Å². The smallest absolute Gasteiger partial charge is 0.332 e. The molecule has 6 rings (SSSR count). The van der Waals surface area contributed by atoms with Crippen molar-refractivity contribution >= 4 is 29.2 Å². The van der Waals surface area contributed by atoms with Gasteiger partial charge in [-0.3, -0.25) is 19.4 Å². The van der Waals surface area contributed by atoms with E-state index in [4.69, 9.17) is 4.74 Å². The summed E-state index contributed by atoms with van der Waals surface area (Å²) >= 11 is 0. The molecule has 1 spiro atoms. The average molecular weight is 528 g/mol.